The Morgan fingerprint density at radius 3 is 2.33 bits per heavy atom. The van der Waals surface area contributed by atoms with Gasteiger partial charge in [-0.3, -0.25) is 9.59 Å². The van der Waals surface area contributed by atoms with Crippen LogP contribution in [0.1, 0.15) is 23.2 Å². The van der Waals surface area contributed by atoms with Gasteiger partial charge in [0.25, 0.3) is 5.91 Å². The first-order chi connectivity index (χ1) is 13.2. The minimum absolute atomic E-state index is 0.00318. The Labute approximate surface area is 156 Å². The van der Waals surface area contributed by atoms with Crippen molar-refractivity contribution >= 4 is 17.6 Å². The molecule has 3 aromatic rings. The van der Waals surface area contributed by atoms with E-state index in [1.165, 1.54) is 6.26 Å². The van der Waals surface area contributed by atoms with Crippen molar-refractivity contribution in [3.8, 4) is 11.1 Å². The molecule has 1 aliphatic rings. The van der Waals surface area contributed by atoms with Gasteiger partial charge in [0.15, 0.2) is 5.82 Å². The number of benzene rings is 2. The van der Waals surface area contributed by atoms with Crippen LogP contribution in [0.3, 0.4) is 0 Å². The normalized spacial score (nSPS) is 13.2. The number of carbonyl (C=O) groups excluding carboxylic acids is 2. The zero-order valence-corrected chi connectivity index (χ0v) is 14.7. The zero-order chi connectivity index (χ0) is 18.6. The molecule has 6 nitrogen and oxygen atoms in total. The number of aromatic nitrogens is 1. The molecule has 1 heterocycles. The van der Waals surface area contributed by atoms with Gasteiger partial charge in [0, 0.05) is 17.7 Å². The van der Waals surface area contributed by atoms with Gasteiger partial charge in [-0.15, -0.1) is 0 Å². The minimum Gasteiger partial charge on any atom is -0.363 e. The summed E-state index contributed by atoms with van der Waals surface area (Å²) < 4.78 is 4.70. The average molecular weight is 361 g/mol. The third kappa shape index (κ3) is 4.06. The number of carbonyl (C=O) groups is 2. The molecule has 27 heavy (non-hydrogen) atoms. The lowest BCUT2D eigenvalue weighted by Gasteiger charge is -2.21. The Kier molecular flexibility index (Phi) is 4.70. The minimum atomic E-state index is -0.287. The van der Waals surface area contributed by atoms with Crippen molar-refractivity contribution in [2.24, 2.45) is 0 Å². The molecule has 0 spiro atoms. The number of rotatable bonds is 6. The second-order valence-electron chi connectivity index (χ2n) is 6.54. The number of hydrogen-bond acceptors (Lipinski definition) is 4. The van der Waals surface area contributed by atoms with E-state index in [4.69, 9.17) is 4.52 Å². The van der Waals surface area contributed by atoms with E-state index in [0.717, 1.165) is 24.0 Å². The standard InChI is InChI=1S/C21H19N3O3/c25-20(22-19-12-13-27-23-19)14-24(18-10-11-18)21(26)17-8-6-16(7-9-17)15-4-2-1-3-5-15/h1-9,12-13,18H,10-11,14H2,(H,22,23,25). The van der Waals surface area contributed by atoms with E-state index in [1.54, 1.807) is 11.0 Å². The molecular weight excluding hydrogens is 342 g/mol. The molecule has 2 aromatic carbocycles. The zero-order valence-electron chi connectivity index (χ0n) is 14.7. The van der Waals surface area contributed by atoms with Gasteiger partial charge in [-0.2, -0.15) is 0 Å². The van der Waals surface area contributed by atoms with Crippen LogP contribution in [0.4, 0.5) is 5.82 Å². The molecule has 0 radical (unpaired) electrons. The van der Waals surface area contributed by atoms with Gasteiger partial charge < -0.3 is 14.7 Å². The fourth-order valence-corrected chi connectivity index (χ4v) is 2.97. The van der Waals surface area contributed by atoms with Crippen LogP contribution in [0.5, 0.6) is 0 Å². The fourth-order valence-electron chi connectivity index (χ4n) is 2.97. The van der Waals surface area contributed by atoms with Crippen LogP contribution in [0.2, 0.25) is 0 Å². The van der Waals surface area contributed by atoms with Crippen molar-refractivity contribution in [2.75, 3.05) is 11.9 Å². The lowest BCUT2D eigenvalue weighted by molar-refractivity contribution is -0.117. The van der Waals surface area contributed by atoms with Crippen molar-refractivity contribution in [1.82, 2.24) is 10.1 Å². The van der Waals surface area contributed by atoms with Crippen LogP contribution in [-0.4, -0.2) is 34.5 Å². The molecule has 0 saturated heterocycles. The fraction of sp³-hybridized carbons (Fsp3) is 0.190. The SMILES string of the molecule is O=C(CN(C(=O)c1ccc(-c2ccccc2)cc1)C1CC1)Nc1ccon1. The third-order valence-electron chi connectivity index (χ3n) is 4.51. The van der Waals surface area contributed by atoms with Gasteiger partial charge >= 0.3 is 0 Å². The van der Waals surface area contributed by atoms with E-state index >= 15 is 0 Å². The number of anilines is 1. The molecule has 0 unspecified atom stereocenters. The molecule has 136 valence electrons. The smallest absolute Gasteiger partial charge is 0.254 e. The van der Waals surface area contributed by atoms with E-state index in [-0.39, 0.29) is 24.4 Å². The largest absolute Gasteiger partial charge is 0.363 e. The topological polar surface area (TPSA) is 75.4 Å². The summed E-state index contributed by atoms with van der Waals surface area (Å²) >= 11 is 0. The van der Waals surface area contributed by atoms with Crippen molar-refractivity contribution in [1.29, 1.82) is 0 Å². The molecule has 1 aromatic heterocycles. The van der Waals surface area contributed by atoms with Crippen LogP contribution in [0.25, 0.3) is 11.1 Å². The third-order valence-corrected chi connectivity index (χ3v) is 4.51. The van der Waals surface area contributed by atoms with Gasteiger partial charge in [-0.1, -0.05) is 47.6 Å². The van der Waals surface area contributed by atoms with Gasteiger partial charge in [-0.05, 0) is 36.1 Å². The van der Waals surface area contributed by atoms with Crippen molar-refractivity contribution < 1.29 is 14.1 Å². The summed E-state index contributed by atoms with van der Waals surface area (Å²) in [7, 11) is 0. The van der Waals surface area contributed by atoms with Gasteiger partial charge in [0.05, 0.1) is 0 Å². The van der Waals surface area contributed by atoms with Crippen LogP contribution < -0.4 is 5.32 Å². The molecule has 1 fully saturated rings. The van der Waals surface area contributed by atoms with E-state index in [2.05, 4.69) is 10.5 Å². The highest BCUT2D eigenvalue weighted by Crippen LogP contribution is 2.29. The Bertz CT molecular complexity index is 917. The highest BCUT2D eigenvalue weighted by Gasteiger charge is 2.34. The van der Waals surface area contributed by atoms with Gasteiger partial charge in [-0.25, -0.2) is 0 Å². The summed E-state index contributed by atoms with van der Waals surface area (Å²) in [6, 6.07) is 19.2. The van der Waals surface area contributed by atoms with Crippen molar-refractivity contribution in [2.45, 2.75) is 18.9 Å². The molecule has 1 saturated carbocycles. The first-order valence-electron chi connectivity index (χ1n) is 8.87. The Balaban J connectivity index is 1.46. The molecule has 1 aliphatic carbocycles. The maximum Gasteiger partial charge on any atom is 0.254 e. The summed E-state index contributed by atoms with van der Waals surface area (Å²) in [6.45, 7) is -0.00318. The lowest BCUT2D eigenvalue weighted by Crippen LogP contribution is -2.39. The quantitative estimate of drug-likeness (QED) is 0.728. The van der Waals surface area contributed by atoms with Gasteiger partial charge in [0.1, 0.15) is 12.8 Å². The predicted octanol–water partition coefficient (Wildman–Crippen LogP) is 3.58. The molecule has 0 bridgehead atoms. The van der Waals surface area contributed by atoms with E-state index in [1.807, 2.05) is 54.6 Å². The number of hydrogen-bond donors (Lipinski definition) is 1. The molecular formula is C21H19N3O3. The van der Waals surface area contributed by atoms with E-state index in [9.17, 15) is 9.59 Å². The Morgan fingerprint density at radius 1 is 1.00 bits per heavy atom. The summed E-state index contributed by atoms with van der Waals surface area (Å²) in [5.41, 5.74) is 2.73. The van der Waals surface area contributed by atoms with Crippen LogP contribution in [0, 0.1) is 0 Å². The highest BCUT2D eigenvalue weighted by molar-refractivity contribution is 5.99. The molecule has 0 aliphatic heterocycles. The summed E-state index contributed by atoms with van der Waals surface area (Å²) in [4.78, 5) is 26.8. The average Bonchev–Trinajstić information content (AvgIpc) is 3.43. The van der Waals surface area contributed by atoms with E-state index in [0.29, 0.717) is 11.4 Å². The number of amides is 2. The summed E-state index contributed by atoms with van der Waals surface area (Å²) in [5, 5.41) is 6.29. The predicted molar refractivity (Wildman–Crippen MR) is 101 cm³/mol. The highest BCUT2D eigenvalue weighted by atomic mass is 16.5. The van der Waals surface area contributed by atoms with Crippen LogP contribution in [0.15, 0.2) is 71.4 Å². The molecule has 2 amide bonds. The number of nitrogens with one attached hydrogen (secondary N) is 1. The Hall–Kier alpha value is -3.41. The second-order valence-corrected chi connectivity index (χ2v) is 6.54. The summed E-state index contributed by atoms with van der Waals surface area (Å²) in [5.74, 6) is -0.0760. The molecule has 1 N–H and O–H groups in total. The van der Waals surface area contributed by atoms with Gasteiger partial charge in [0.2, 0.25) is 5.91 Å². The lowest BCUT2D eigenvalue weighted by atomic mass is 10.0. The van der Waals surface area contributed by atoms with E-state index < -0.39 is 0 Å². The monoisotopic (exact) mass is 361 g/mol. The van der Waals surface area contributed by atoms with Crippen molar-refractivity contribution in [3.05, 3.63) is 72.5 Å². The van der Waals surface area contributed by atoms with Crippen LogP contribution >= 0.6 is 0 Å². The first kappa shape index (κ1) is 17.0. The summed E-state index contributed by atoms with van der Waals surface area (Å²) in [6.07, 6.45) is 3.23. The van der Waals surface area contributed by atoms with Crippen LogP contribution in [-0.2, 0) is 4.79 Å². The maximum atomic E-state index is 12.9. The molecule has 0 atom stereocenters. The maximum absolute atomic E-state index is 12.9. The molecule has 4 rings (SSSR count). The second kappa shape index (κ2) is 7.45. The van der Waals surface area contributed by atoms with Crippen molar-refractivity contribution in [3.63, 3.8) is 0 Å². The Morgan fingerprint density at radius 2 is 1.70 bits per heavy atom. The molecule has 6 heteroatoms. The first-order valence-corrected chi connectivity index (χ1v) is 8.87. The number of nitrogens with zero attached hydrogens (tertiary/aromatic N) is 2.